The molecule has 2 atom stereocenters. The SMILES string of the molecule is O=C(O)C1CCC(C(=O)NCc2sccc2Br)C1. The molecule has 0 spiro atoms. The molecule has 1 aliphatic rings. The standard InChI is InChI=1S/C12H14BrNO3S/c13-9-3-4-18-10(9)6-14-11(15)7-1-2-8(5-7)12(16)17/h3-4,7-8H,1-2,5-6H2,(H,14,15)(H,16,17). The number of aliphatic carboxylic acids is 1. The predicted octanol–water partition coefficient (Wildman–Crippen LogP) is 2.63. The van der Waals surface area contributed by atoms with Gasteiger partial charge in [-0.25, -0.2) is 0 Å². The first kappa shape index (κ1) is 13.5. The molecule has 1 aromatic heterocycles. The van der Waals surface area contributed by atoms with Crippen LogP contribution >= 0.6 is 27.3 Å². The van der Waals surface area contributed by atoms with Gasteiger partial charge in [0.05, 0.1) is 12.5 Å². The molecule has 0 aliphatic heterocycles. The van der Waals surface area contributed by atoms with E-state index in [9.17, 15) is 9.59 Å². The number of carbonyl (C=O) groups is 2. The smallest absolute Gasteiger partial charge is 0.306 e. The Hall–Kier alpha value is -0.880. The largest absolute Gasteiger partial charge is 0.481 e. The highest BCUT2D eigenvalue weighted by molar-refractivity contribution is 9.10. The van der Waals surface area contributed by atoms with Gasteiger partial charge in [0.15, 0.2) is 0 Å². The fourth-order valence-electron chi connectivity index (χ4n) is 2.21. The van der Waals surface area contributed by atoms with Gasteiger partial charge in [-0.05, 0) is 46.6 Å². The van der Waals surface area contributed by atoms with Gasteiger partial charge in [0.1, 0.15) is 0 Å². The van der Waals surface area contributed by atoms with Crippen molar-refractivity contribution >= 4 is 39.1 Å². The third-order valence-corrected chi connectivity index (χ3v) is 5.19. The van der Waals surface area contributed by atoms with Gasteiger partial charge in [-0.15, -0.1) is 11.3 Å². The van der Waals surface area contributed by atoms with Crippen molar-refractivity contribution in [1.29, 1.82) is 0 Å². The first-order valence-corrected chi connectivity index (χ1v) is 7.47. The van der Waals surface area contributed by atoms with Gasteiger partial charge >= 0.3 is 5.97 Å². The lowest BCUT2D eigenvalue weighted by atomic mass is 10.0. The van der Waals surface area contributed by atoms with E-state index in [1.165, 1.54) is 0 Å². The zero-order chi connectivity index (χ0) is 13.1. The maximum Gasteiger partial charge on any atom is 0.306 e. The molecule has 2 unspecified atom stereocenters. The number of halogens is 1. The van der Waals surface area contributed by atoms with Crippen LogP contribution in [0.2, 0.25) is 0 Å². The molecule has 2 rings (SSSR count). The third kappa shape index (κ3) is 3.11. The highest BCUT2D eigenvalue weighted by Crippen LogP contribution is 2.31. The van der Waals surface area contributed by atoms with E-state index in [1.807, 2.05) is 11.4 Å². The van der Waals surface area contributed by atoms with Crippen molar-refractivity contribution in [2.45, 2.75) is 25.8 Å². The third-order valence-electron chi connectivity index (χ3n) is 3.27. The summed E-state index contributed by atoms with van der Waals surface area (Å²) in [7, 11) is 0. The maximum absolute atomic E-state index is 11.9. The van der Waals surface area contributed by atoms with E-state index in [0.717, 1.165) is 9.35 Å². The van der Waals surface area contributed by atoms with Crippen LogP contribution in [-0.2, 0) is 16.1 Å². The fraction of sp³-hybridized carbons (Fsp3) is 0.500. The Morgan fingerprint density at radius 1 is 1.44 bits per heavy atom. The monoisotopic (exact) mass is 331 g/mol. The summed E-state index contributed by atoms with van der Waals surface area (Å²) in [6.07, 6.45) is 1.75. The van der Waals surface area contributed by atoms with Crippen LogP contribution < -0.4 is 5.32 Å². The van der Waals surface area contributed by atoms with Crippen LogP contribution in [0.15, 0.2) is 15.9 Å². The average Bonchev–Trinajstić information content (AvgIpc) is 2.94. The second kappa shape index (κ2) is 5.84. The molecule has 1 amide bonds. The number of carboxylic acids is 1. The molecular weight excluding hydrogens is 318 g/mol. The van der Waals surface area contributed by atoms with Gasteiger partial charge in [-0.1, -0.05) is 0 Å². The van der Waals surface area contributed by atoms with Crippen molar-refractivity contribution in [3.63, 3.8) is 0 Å². The Labute approximate surface area is 118 Å². The highest BCUT2D eigenvalue weighted by Gasteiger charge is 2.33. The molecule has 1 aromatic rings. The molecule has 98 valence electrons. The minimum absolute atomic E-state index is 0.0287. The second-order valence-electron chi connectivity index (χ2n) is 4.45. The van der Waals surface area contributed by atoms with Crippen molar-refractivity contribution in [3.05, 3.63) is 20.8 Å². The highest BCUT2D eigenvalue weighted by atomic mass is 79.9. The second-order valence-corrected chi connectivity index (χ2v) is 6.31. The van der Waals surface area contributed by atoms with Crippen LogP contribution in [0.4, 0.5) is 0 Å². The lowest BCUT2D eigenvalue weighted by Crippen LogP contribution is -2.29. The Bertz CT molecular complexity index is 460. The van der Waals surface area contributed by atoms with Gasteiger partial charge in [0.2, 0.25) is 5.91 Å². The fourth-order valence-corrected chi connectivity index (χ4v) is 3.64. The Balaban J connectivity index is 1.83. The van der Waals surface area contributed by atoms with Crippen LogP contribution in [0.25, 0.3) is 0 Å². The number of amides is 1. The quantitative estimate of drug-likeness (QED) is 0.891. The number of hydrogen-bond acceptors (Lipinski definition) is 3. The normalized spacial score (nSPS) is 22.9. The molecule has 0 saturated heterocycles. The summed E-state index contributed by atoms with van der Waals surface area (Å²) in [4.78, 5) is 23.8. The van der Waals surface area contributed by atoms with Crippen LogP contribution in [0, 0.1) is 11.8 Å². The lowest BCUT2D eigenvalue weighted by Gasteiger charge is -2.10. The van der Waals surface area contributed by atoms with Gasteiger partial charge in [0.25, 0.3) is 0 Å². The molecule has 1 saturated carbocycles. The Morgan fingerprint density at radius 3 is 2.72 bits per heavy atom. The molecule has 6 heteroatoms. The van der Waals surface area contributed by atoms with Crippen molar-refractivity contribution < 1.29 is 14.7 Å². The first-order chi connectivity index (χ1) is 8.58. The van der Waals surface area contributed by atoms with E-state index in [0.29, 0.717) is 25.8 Å². The summed E-state index contributed by atoms with van der Waals surface area (Å²) >= 11 is 4.99. The maximum atomic E-state index is 11.9. The molecule has 1 heterocycles. The first-order valence-electron chi connectivity index (χ1n) is 5.80. The molecule has 18 heavy (non-hydrogen) atoms. The predicted molar refractivity (Wildman–Crippen MR) is 72.3 cm³/mol. The van der Waals surface area contributed by atoms with E-state index in [4.69, 9.17) is 5.11 Å². The van der Waals surface area contributed by atoms with Crippen molar-refractivity contribution in [2.75, 3.05) is 0 Å². The summed E-state index contributed by atoms with van der Waals surface area (Å²) in [5, 5.41) is 13.7. The van der Waals surface area contributed by atoms with Gasteiger partial charge < -0.3 is 10.4 Å². The number of carboxylic acid groups (broad SMARTS) is 1. The van der Waals surface area contributed by atoms with E-state index in [1.54, 1.807) is 11.3 Å². The summed E-state index contributed by atoms with van der Waals surface area (Å²) in [5.74, 6) is -1.32. The van der Waals surface area contributed by atoms with E-state index < -0.39 is 5.97 Å². The number of nitrogens with one attached hydrogen (secondary N) is 1. The summed E-state index contributed by atoms with van der Waals surface area (Å²) < 4.78 is 1.00. The zero-order valence-corrected chi connectivity index (χ0v) is 12.1. The van der Waals surface area contributed by atoms with E-state index in [-0.39, 0.29) is 17.7 Å². The molecule has 1 aliphatic carbocycles. The molecule has 4 nitrogen and oxygen atoms in total. The molecule has 0 aromatic carbocycles. The number of carbonyl (C=O) groups excluding carboxylic acids is 1. The molecule has 1 fully saturated rings. The van der Waals surface area contributed by atoms with Crippen molar-refractivity contribution in [1.82, 2.24) is 5.32 Å². The molecule has 0 bridgehead atoms. The molecular formula is C12H14BrNO3S. The summed E-state index contributed by atoms with van der Waals surface area (Å²) in [5.41, 5.74) is 0. The Morgan fingerprint density at radius 2 is 2.17 bits per heavy atom. The van der Waals surface area contributed by atoms with Crippen LogP contribution in [0.1, 0.15) is 24.1 Å². The van der Waals surface area contributed by atoms with Crippen LogP contribution in [0.5, 0.6) is 0 Å². The minimum Gasteiger partial charge on any atom is -0.481 e. The summed E-state index contributed by atoms with van der Waals surface area (Å²) in [6, 6.07) is 1.95. The molecule has 0 radical (unpaired) electrons. The van der Waals surface area contributed by atoms with Crippen LogP contribution in [0.3, 0.4) is 0 Å². The lowest BCUT2D eigenvalue weighted by molar-refractivity contribution is -0.141. The number of hydrogen-bond donors (Lipinski definition) is 2. The van der Waals surface area contributed by atoms with Crippen molar-refractivity contribution in [3.8, 4) is 0 Å². The zero-order valence-electron chi connectivity index (χ0n) is 9.69. The summed E-state index contributed by atoms with van der Waals surface area (Å²) in [6.45, 7) is 0.505. The average molecular weight is 332 g/mol. The van der Waals surface area contributed by atoms with E-state index >= 15 is 0 Å². The molecule has 2 N–H and O–H groups in total. The van der Waals surface area contributed by atoms with E-state index in [2.05, 4.69) is 21.2 Å². The van der Waals surface area contributed by atoms with Crippen molar-refractivity contribution in [2.24, 2.45) is 11.8 Å². The Kier molecular flexibility index (Phi) is 4.40. The van der Waals surface area contributed by atoms with Gasteiger partial charge in [-0.2, -0.15) is 0 Å². The van der Waals surface area contributed by atoms with Gasteiger partial charge in [0, 0.05) is 15.3 Å². The topological polar surface area (TPSA) is 66.4 Å². The van der Waals surface area contributed by atoms with Crippen LogP contribution in [-0.4, -0.2) is 17.0 Å². The minimum atomic E-state index is -0.786. The number of rotatable bonds is 4. The van der Waals surface area contributed by atoms with Gasteiger partial charge in [-0.3, -0.25) is 9.59 Å². The number of thiophene rings is 1.